The number of aromatic hydroxyl groups is 2. The molecular formula is C13H12O5. The molecule has 18 heavy (non-hydrogen) atoms. The second kappa shape index (κ2) is 5.27. The van der Waals surface area contributed by atoms with E-state index in [2.05, 4.69) is 0 Å². The van der Waals surface area contributed by atoms with Crippen LogP contribution in [0.2, 0.25) is 0 Å². The van der Waals surface area contributed by atoms with Crippen LogP contribution >= 0.6 is 0 Å². The van der Waals surface area contributed by atoms with Crippen LogP contribution in [0.25, 0.3) is 5.57 Å². The smallest absolute Gasteiger partial charge is 0.163 e. The van der Waals surface area contributed by atoms with E-state index < -0.39 is 17.3 Å². The zero-order chi connectivity index (χ0) is 13.9. The van der Waals surface area contributed by atoms with Crippen molar-refractivity contribution in [2.24, 2.45) is 0 Å². The van der Waals surface area contributed by atoms with Crippen molar-refractivity contribution in [1.82, 2.24) is 0 Å². The fourth-order valence-corrected chi connectivity index (χ4v) is 1.55. The summed E-state index contributed by atoms with van der Waals surface area (Å²) in [5.41, 5.74) is -0.129. The normalized spacial score (nSPS) is 11.7. The predicted molar refractivity (Wildman–Crippen MR) is 64.1 cm³/mol. The second-order valence-corrected chi connectivity index (χ2v) is 3.72. The molecule has 1 aromatic carbocycles. The highest BCUT2D eigenvalue weighted by molar-refractivity contribution is 6.32. The van der Waals surface area contributed by atoms with Crippen LogP contribution in [0.15, 0.2) is 23.8 Å². The van der Waals surface area contributed by atoms with Crippen molar-refractivity contribution in [3.8, 4) is 11.5 Å². The topological polar surface area (TPSA) is 91.7 Å². The standard InChI is InChI=1S/C13H12O5/c1-7(15)10(6-14)13(8(2)16)9-3-4-11(17)12(18)5-9/h3-6,17-18H,1-2H3/b13-10-. The number of hydrogen-bond acceptors (Lipinski definition) is 5. The minimum atomic E-state index is -0.539. The number of aldehydes is 1. The second-order valence-electron chi connectivity index (χ2n) is 3.72. The number of Topliss-reactive ketones (excluding diaryl/α,β-unsaturated/α-hetero) is 2. The van der Waals surface area contributed by atoms with Crippen LogP contribution in [-0.2, 0) is 14.4 Å². The Balaban J connectivity index is 3.55. The zero-order valence-corrected chi connectivity index (χ0v) is 9.93. The maximum atomic E-state index is 11.5. The molecule has 0 atom stereocenters. The molecule has 1 aromatic rings. The van der Waals surface area contributed by atoms with E-state index >= 15 is 0 Å². The first-order valence-corrected chi connectivity index (χ1v) is 5.12. The van der Waals surface area contributed by atoms with Crippen LogP contribution in [0.4, 0.5) is 0 Å². The Hall–Kier alpha value is -2.43. The van der Waals surface area contributed by atoms with Crippen molar-refractivity contribution < 1.29 is 24.6 Å². The van der Waals surface area contributed by atoms with Crippen LogP contribution in [0.1, 0.15) is 19.4 Å². The van der Waals surface area contributed by atoms with Crippen molar-refractivity contribution in [1.29, 1.82) is 0 Å². The lowest BCUT2D eigenvalue weighted by atomic mass is 9.95. The van der Waals surface area contributed by atoms with Crippen LogP contribution in [0.5, 0.6) is 11.5 Å². The molecule has 0 heterocycles. The predicted octanol–water partition coefficient (Wildman–Crippen LogP) is 1.23. The number of carbonyl (C=O) groups excluding carboxylic acids is 3. The number of phenolic OH excluding ortho intramolecular Hbond substituents is 2. The molecule has 0 spiro atoms. The Morgan fingerprint density at radius 1 is 1.06 bits per heavy atom. The van der Waals surface area contributed by atoms with Gasteiger partial charge in [0, 0.05) is 5.57 Å². The van der Waals surface area contributed by atoms with E-state index in [4.69, 9.17) is 0 Å². The van der Waals surface area contributed by atoms with Gasteiger partial charge in [0.2, 0.25) is 0 Å². The Morgan fingerprint density at radius 3 is 2.06 bits per heavy atom. The van der Waals surface area contributed by atoms with Gasteiger partial charge in [-0.1, -0.05) is 6.07 Å². The monoisotopic (exact) mass is 248 g/mol. The summed E-state index contributed by atoms with van der Waals surface area (Å²) in [6.07, 6.45) is 0.309. The summed E-state index contributed by atoms with van der Waals surface area (Å²) in [6.45, 7) is 2.39. The molecule has 5 heteroatoms. The molecule has 0 aromatic heterocycles. The SMILES string of the molecule is CC(=O)/C(C=O)=C(/C(C)=O)c1ccc(O)c(O)c1. The van der Waals surface area contributed by atoms with Gasteiger partial charge < -0.3 is 10.2 Å². The fourth-order valence-electron chi connectivity index (χ4n) is 1.55. The number of rotatable bonds is 4. The number of carbonyl (C=O) groups is 3. The van der Waals surface area contributed by atoms with Gasteiger partial charge in [-0.15, -0.1) is 0 Å². The highest BCUT2D eigenvalue weighted by atomic mass is 16.3. The summed E-state index contributed by atoms with van der Waals surface area (Å²) in [5, 5.41) is 18.5. The van der Waals surface area contributed by atoms with E-state index in [1.54, 1.807) is 0 Å². The highest BCUT2D eigenvalue weighted by Gasteiger charge is 2.18. The molecule has 0 unspecified atom stereocenters. The van der Waals surface area contributed by atoms with Crippen molar-refractivity contribution in [2.75, 3.05) is 0 Å². The molecular weight excluding hydrogens is 236 g/mol. The van der Waals surface area contributed by atoms with Gasteiger partial charge in [-0.05, 0) is 31.5 Å². The van der Waals surface area contributed by atoms with Crippen molar-refractivity contribution in [3.63, 3.8) is 0 Å². The zero-order valence-electron chi connectivity index (χ0n) is 9.93. The summed E-state index contributed by atoms with van der Waals surface area (Å²) >= 11 is 0. The first kappa shape index (κ1) is 13.6. The van der Waals surface area contributed by atoms with Crippen LogP contribution in [0.3, 0.4) is 0 Å². The van der Waals surface area contributed by atoms with E-state index in [-0.39, 0.29) is 22.5 Å². The highest BCUT2D eigenvalue weighted by Crippen LogP contribution is 2.29. The van der Waals surface area contributed by atoms with Gasteiger partial charge in [0.25, 0.3) is 0 Å². The molecule has 0 saturated carbocycles. The lowest BCUT2D eigenvalue weighted by molar-refractivity contribution is -0.117. The van der Waals surface area contributed by atoms with E-state index in [9.17, 15) is 24.6 Å². The van der Waals surface area contributed by atoms with Gasteiger partial charge in [0.05, 0.1) is 5.57 Å². The molecule has 0 fully saturated rings. The van der Waals surface area contributed by atoms with Gasteiger partial charge in [0.15, 0.2) is 29.4 Å². The summed E-state index contributed by atoms with van der Waals surface area (Å²) in [5.74, 6) is -1.79. The first-order valence-electron chi connectivity index (χ1n) is 5.12. The third-order valence-electron chi connectivity index (χ3n) is 2.38. The maximum Gasteiger partial charge on any atom is 0.163 e. The number of allylic oxidation sites excluding steroid dienone is 2. The quantitative estimate of drug-likeness (QED) is 0.275. The Bertz CT molecular complexity index is 555. The van der Waals surface area contributed by atoms with Gasteiger partial charge in [-0.2, -0.15) is 0 Å². The van der Waals surface area contributed by atoms with Crippen molar-refractivity contribution >= 4 is 23.4 Å². The van der Waals surface area contributed by atoms with Crippen LogP contribution in [0, 0.1) is 0 Å². The number of benzene rings is 1. The molecule has 0 aliphatic rings. The largest absolute Gasteiger partial charge is 0.504 e. The number of ketones is 2. The molecule has 2 N–H and O–H groups in total. The van der Waals surface area contributed by atoms with Crippen molar-refractivity contribution in [2.45, 2.75) is 13.8 Å². The molecule has 0 radical (unpaired) electrons. The summed E-state index contributed by atoms with van der Waals surface area (Å²) in [4.78, 5) is 33.7. The lowest BCUT2D eigenvalue weighted by Crippen LogP contribution is -2.08. The third-order valence-corrected chi connectivity index (χ3v) is 2.38. The van der Waals surface area contributed by atoms with E-state index in [0.29, 0.717) is 6.29 Å². The fraction of sp³-hybridized carbons (Fsp3) is 0.154. The minimum Gasteiger partial charge on any atom is -0.504 e. The third kappa shape index (κ3) is 2.63. The molecule has 0 aliphatic carbocycles. The minimum absolute atomic E-state index is 0.0761. The van der Waals surface area contributed by atoms with E-state index in [1.165, 1.54) is 26.0 Å². The molecule has 0 saturated heterocycles. The number of hydrogen-bond donors (Lipinski definition) is 2. The van der Waals surface area contributed by atoms with Crippen LogP contribution < -0.4 is 0 Å². The summed E-state index contributed by atoms with van der Waals surface area (Å²) in [6, 6.07) is 3.65. The number of phenols is 2. The molecule has 94 valence electrons. The molecule has 0 amide bonds. The average Bonchev–Trinajstić information content (AvgIpc) is 2.28. The Kier molecular flexibility index (Phi) is 3.99. The van der Waals surface area contributed by atoms with Crippen molar-refractivity contribution in [3.05, 3.63) is 29.3 Å². The van der Waals surface area contributed by atoms with Gasteiger partial charge >= 0.3 is 0 Å². The summed E-state index contributed by atoms with van der Waals surface area (Å²) < 4.78 is 0. The van der Waals surface area contributed by atoms with E-state index in [1.807, 2.05) is 0 Å². The molecule has 0 aliphatic heterocycles. The molecule has 1 rings (SSSR count). The Morgan fingerprint density at radius 2 is 1.67 bits per heavy atom. The maximum absolute atomic E-state index is 11.5. The molecule has 5 nitrogen and oxygen atoms in total. The van der Waals surface area contributed by atoms with Gasteiger partial charge in [0.1, 0.15) is 0 Å². The average molecular weight is 248 g/mol. The van der Waals surface area contributed by atoms with E-state index in [0.717, 1.165) is 6.07 Å². The lowest BCUT2D eigenvalue weighted by Gasteiger charge is -2.08. The van der Waals surface area contributed by atoms with Gasteiger partial charge in [-0.3, -0.25) is 14.4 Å². The molecule has 0 bridgehead atoms. The summed E-state index contributed by atoms with van der Waals surface area (Å²) in [7, 11) is 0. The van der Waals surface area contributed by atoms with Crippen LogP contribution in [-0.4, -0.2) is 28.1 Å². The van der Waals surface area contributed by atoms with Gasteiger partial charge in [-0.25, -0.2) is 0 Å². The first-order chi connectivity index (χ1) is 8.38. The Labute approximate surface area is 103 Å².